The van der Waals surface area contributed by atoms with Crippen LogP contribution in [0.25, 0.3) is 0 Å². The standard InChI is InChI=1S/C19H20O2/c1-21-19-9-5-4-8-17(19)13-18(20)16-11-10-14-6-2-3-7-15(14)12-16/h4-5,8-12H,2-3,6-7,13H2,1H3. The molecule has 0 spiro atoms. The van der Waals surface area contributed by atoms with Crippen molar-refractivity contribution < 1.29 is 9.53 Å². The van der Waals surface area contributed by atoms with E-state index < -0.39 is 0 Å². The normalized spacial score (nSPS) is 13.6. The summed E-state index contributed by atoms with van der Waals surface area (Å²) in [6, 6.07) is 13.9. The van der Waals surface area contributed by atoms with E-state index in [0.29, 0.717) is 6.42 Å². The van der Waals surface area contributed by atoms with Gasteiger partial charge in [0.05, 0.1) is 7.11 Å². The number of hydrogen-bond acceptors (Lipinski definition) is 2. The zero-order valence-electron chi connectivity index (χ0n) is 12.4. The molecule has 0 amide bonds. The Hall–Kier alpha value is -2.09. The van der Waals surface area contributed by atoms with Gasteiger partial charge in [-0.25, -0.2) is 0 Å². The predicted octanol–water partition coefficient (Wildman–Crippen LogP) is 4.00. The van der Waals surface area contributed by atoms with E-state index in [4.69, 9.17) is 4.74 Å². The van der Waals surface area contributed by atoms with Crippen molar-refractivity contribution in [3.63, 3.8) is 0 Å². The van der Waals surface area contributed by atoms with Crippen LogP contribution in [0.4, 0.5) is 0 Å². The Morgan fingerprint density at radius 2 is 1.81 bits per heavy atom. The molecule has 0 aromatic heterocycles. The van der Waals surface area contributed by atoms with E-state index in [0.717, 1.165) is 29.7 Å². The molecule has 2 nitrogen and oxygen atoms in total. The van der Waals surface area contributed by atoms with Crippen LogP contribution in [0.5, 0.6) is 5.75 Å². The largest absolute Gasteiger partial charge is 0.496 e. The molecule has 0 fully saturated rings. The summed E-state index contributed by atoms with van der Waals surface area (Å²) in [5, 5.41) is 0. The lowest BCUT2D eigenvalue weighted by Gasteiger charge is -2.16. The molecule has 0 radical (unpaired) electrons. The highest BCUT2D eigenvalue weighted by molar-refractivity contribution is 5.98. The quantitative estimate of drug-likeness (QED) is 0.791. The molecule has 0 aliphatic heterocycles. The highest BCUT2D eigenvalue weighted by Crippen LogP contribution is 2.24. The molecule has 0 saturated carbocycles. The minimum atomic E-state index is 0.160. The van der Waals surface area contributed by atoms with E-state index in [1.807, 2.05) is 30.3 Å². The molecule has 0 N–H and O–H groups in total. The van der Waals surface area contributed by atoms with Gasteiger partial charge in [0.1, 0.15) is 5.75 Å². The Balaban J connectivity index is 1.82. The monoisotopic (exact) mass is 280 g/mol. The van der Waals surface area contributed by atoms with Crippen molar-refractivity contribution in [1.29, 1.82) is 0 Å². The van der Waals surface area contributed by atoms with Crippen LogP contribution in [0.2, 0.25) is 0 Å². The summed E-state index contributed by atoms with van der Waals surface area (Å²) >= 11 is 0. The van der Waals surface area contributed by atoms with Crippen LogP contribution < -0.4 is 4.74 Å². The maximum absolute atomic E-state index is 12.5. The van der Waals surface area contributed by atoms with E-state index >= 15 is 0 Å². The number of carbonyl (C=O) groups is 1. The minimum absolute atomic E-state index is 0.160. The summed E-state index contributed by atoms with van der Waals surface area (Å²) in [5.74, 6) is 0.941. The van der Waals surface area contributed by atoms with Crippen LogP contribution in [-0.4, -0.2) is 12.9 Å². The number of ether oxygens (including phenoxy) is 1. The number of Topliss-reactive ketones (excluding diaryl/α,β-unsaturated/α-hetero) is 1. The van der Waals surface area contributed by atoms with Crippen molar-refractivity contribution in [2.75, 3.05) is 7.11 Å². The van der Waals surface area contributed by atoms with Gasteiger partial charge < -0.3 is 4.74 Å². The summed E-state index contributed by atoms with van der Waals surface area (Å²) in [7, 11) is 1.64. The molecule has 0 unspecified atom stereocenters. The van der Waals surface area contributed by atoms with Crippen molar-refractivity contribution in [3.05, 3.63) is 64.7 Å². The fourth-order valence-corrected chi connectivity index (χ4v) is 3.03. The lowest BCUT2D eigenvalue weighted by Crippen LogP contribution is -2.08. The molecular formula is C19H20O2. The van der Waals surface area contributed by atoms with Crippen LogP contribution >= 0.6 is 0 Å². The zero-order valence-corrected chi connectivity index (χ0v) is 12.4. The van der Waals surface area contributed by atoms with Crippen molar-refractivity contribution in [3.8, 4) is 5.75 Å². The molecule has 1 aliphatic rings. The average Bonchev–Trinajstić information content (AvgIpc) is 2.55. The first kappa shape index (κ1) is 13.9. The summed E-state index contributed by atoms with van der Waals surface area (Å²) < 4.78 is 5.32. The molecule has 1 aliphatic carbocycles. The zero-order chi connectivity index (χ0) is 14.7. The number of aryl methyl sites for hydroxylation is 2. The highest BCUT2D eigenvalue weighted by Gasteiger charge is 2.14. The van der Waals surface area contributed by atoms with Gasteiger partial charge in [0, 0.05) is 17.5 Å². The van der Waals surface area contributed by atoms with Gasteiger partial charge >= 0.3 is 0 Å². The maximum Gasteiger partial charge on any atom is 0.167 e. The van der Waals surface area contributed by atoms with Crippen LogP contribution in [0.1, 0.15) is 39.9 Å². The molecule has 2 aromatic rings. The molecule has 2 aromatic carbocycles. The van der Waals surface area contributed by atoms with Gasteiger partial charge in [-0.15, -0.1) is 0 Å². The summed E-state index contributed by atoms with van der Waals surface area (Å²) in [5.41, 5.74) is 4.53. The van der Waals surface area contributed by atoms with Gasteiger partial charge in [0.2, 0.25) is 0 Å². The van der Waals surface area contributed by atoms with E-state index in [9.17, 15) is 4.79 Å². The number of hydrogen-bond donors (Lipinski definition) is 0. The van der Waals surface area contributed by atoms with Crippen molar-refractivity contribution in [2.24, 2.45) is 0 Å². The molecule has 2 heteroatoms. The summed E-state index contributed by atoms with van der Waals surface area (Å²) in [4.78, 5) is 12.5. The first-order valence-corrected chi connectivity index (χ1v) is 7.55. The molecular weight excluding hydrogens is 260 g/mol. The van der Waals surface area contributed by atoms with Gasteiger partial charge in [-0.1, -0.05) is 30.3 Å². The van der Waals surface area contributed by atoms with E-state index in [2.05, 4.69) is 12.1 Å². The number of ketones is 1. The van der Waals surface area contributed by atoms with E-state index in [1.54, 1.807) is 7.11 Å². The Kier molecular flexibility index (Phi) is 4.05. The molecule has 0 atom stereocenters. The SMILES string of the molecule is COc1ccccc1CC(=O)c1ccc2c(c1)CCCC2. The van der Waals surface area contributed by atoms with Gasteiger partial charge in [-0.05, 0) is 48.9 Å². The number of fused-ring (bicyclic) bond motifs is 1. The number of benzene rings is 2. The van der Waals surface area contributed by atoms with Crippen molar-refractivity contribution in [2.45, 2.75) is 32.1 Å². The topological polar surface area (TPSA) is 26.3 Å². The Morgan fingerprint density at radius 1 is 1.05 bits per heavy atom. The molecule has 0 heterocycles. The average molecular weight is 280 g/mol. The fraction of sp³-hybridized carbons (Fsp3) is 0.316. The van der Waals surface area contributed by atoms with Gasteiger partial charge in [-0.3, -0.25) is 4.79 Å². The number of carbonyl (C=O) groups excluding carboxylic acids is 1. The third-order valence-corrected chi connectivity index (χ3v) is 4.21. The Labute approximate surface area is 125 Å². The third-order valence-electron chi connectivity index (χ3n) is 4.21. The fourth-order valence-electron chi connectivity index (χ4n) is 3.03. The lowest BCUT2D eigenvalue weighted by atomic mass is 9.89. The Bertz CT molecular complexity index is 658. The first-order chi connectivity index (χ1) is 10.3. The minimum Gasteiger partial charge on any atom is -0.496 e. The summed E-state index contributed by atoms with van der Waals surface area (Å²) in [6.45, 7) is 0. The summed E-state index contributed by atoms with van der Waals surface area (Å²) in [6.07, 6.45) is 5.14. The van der Waals surface area contributed by atoms with Gasteiger partial charge in [0.25, 0.3) is 0 Å². The Morgan fingerprint density at radius 3 is 2.62 bits per heavy atom. The number of para-hydroxylation sites is 1. The molecule has 0 saturated heterocycles. The predicted molar refractivity (Wildman–Crippen MR) is 84.1 cm³/mol. The second-order valence-electron chi connectivity index (χ2n) is 5.60. The number of methoxy groups -OCH3 is 1. The smallest absolute Gasteiger partial charge is 0.167 e. The van der Waals surface area contributed by atoms with Crippen molar-refractivity contribution >= 4 is 5.78 Å². The number of rotatable bonds is 4. The lowest BCUT2D eigenvalue weighted by molar-refractivity contribution is 0.0992. The van der Waals surface area contributed by atoms with Crippen LogP contribution in [0.3, 0.4) is 0 Å². The first-order valence-electron chi connectivity index (χ1n) is 7.55. The second kappa shape index (κ2) is 6.13. The third kappa shape index (κ3) is 2.99. The van der Waals surface area contributed by atoms with Crippen LogP contribution in [0, 0.1) is 0 Å². The molecule has 3 rings (SSSR count). The maximum atomic E-state index is 12.5. The van der Waals surface area contributed by atoms with E-state index in [-0.39, 0.29) is 5.78 Å². The molecule has 108 valence electrons. The molecule has 21 heavy (non-hydrogen) atoms. The van der Waals surface area contributed by atoms with Gasteiger partial charge in [0.15, 0.2) is 5.78 Å². The van der Waals surface area contributed by atoms with E-state index in [1.165, 1.54) is 24.0 Å². The van der Waals surface area contributed by atoms with Crippen molar-refractivity contribution in [1.82, 2.24) is 0 Å². The molecule has 0 bridgehead atoms. The highest BCUT2D eigenvalue weighted by atomic mass is 16.5. The van der Waals surface area contributed by atoms with Crippen LogP contribution in [0.15, 0.2) is 42.5 Å². The van der Waals surface area contributed by atoms with Crippen LogP contribution in [-0.2, 0) is 19.3 Å². The van der Waals surface area contributed by atoms with Gasteiger partial charge in [-0.2, -0.15) is 0 Å². The second-order valence-corrected chi connectivity index (χ2v) is 5.60.